The summed E-state index contributed by atoms with van der Waals surface area (Å²) in [5.74, 6) is 0. The predicted molar refractivity (Wildman–Crippen MR) is 80.5 cm³/mol. The first-order valence-electron chi connectivity index (χ1n) is 6.65. The molecule has 0 saturated carbocycles. The fraction of sp³-hybridized carbons (Fsp3) is 0.235. The van der Waals surface area contributed by atoms with Gasteiger partial charge in [-0.05, 0) is 30.5 Å². The molecule has 2 aromatic carbocycles. The Morgan fingerprint density at radius 3 is 2.55 bits per heavy atom. The van der Waals surface area contributed by atoms with Gasteiger partial charge in [0.2, 0.25) is 0 Å². The van der Waals surface area contributed by atoms with E-state index in [0.717, 1.165) is 23.2 Å². The number of anilines is 1. The maximum Gasteiger partial charge on any atom is 0.101 e. The molecule has 1 atom stereocenters. The van der Waals surface area contributed by atoms with Crippen molar-refractivity contribution < 1.29 is 5.11 Å². The minimum atomic E-state index is -0.106. The summed E-state index contributed by atoms with van der Waals surface area (Å²) < 4.78 is 0. The van der Waals surface area contributed by atoms with E-state index in [9.17, 15) is 5.11 Å². The largest absolute Gasteiger partial charge is 0.394 e. The van der Waals surface area contributed by atoms with Crippen LogP contribution in [0.3, 0.4) is 0 Å². The zero-order valence-corrected chi connectivity index (χ0v) is 11.5. The lowest BCUT2D eigenvalue weighted by atomic mass is 10.0. The van der Waals surface area contributed by atoms with Gasteiger partial charge in [-0.3, -0.25) is 0 Å². The van der Waals surface area contributed by atoms with Crippen molar-refractivity contribution in [3.8, 4) is 6.07 Å². The van der Waals surface area contributed by atoms with Gasteiger partial charge in [0, 0.05) is 0 Å². The van der Waals surface area contributed by atoms with Crippen LogP contribution in [0, 0.1) is 18.3 Å². The molecule has 0 saturated heterocycles. The number of aliphatic hydroxyl groups excluding tert-OH is 1. The lowest BCUT2D eigenvalue weighted by Crippen LogP contribution is -2.27. The smallest absolute Gasteiger partial charge is 0.101 e. The Morgan fingerprint density at radius 1 is 1.15 bits per heavy atom. The molecule has 2 rings (SSSR count). The summed E-state index contributed by atoms with van der Waals surface area (Å²) in [7, 11) is 0. The number of aryl methyl sites for hydroxylation is 1. The fourth-order valence-electron chi connectivity index (χ4n) is 2.22. The fourth-order valence-corrected chi connectivity index (χ4v) is 2.22. The third-order valence-electron chi connectivity index (χ3n) is 3.29. The molecule has 3 heteroatoms. The molecule has 0 heterocycles. The van der Waals surface area contributed by atoms with E-state index in [4.69, 9.17) is 5.26 Å². The summed E-state index contributed by atoms with van der Waals surface area (Å²) in [6, 6.07) is 17.7. The topological polar surface area (TPSA) is 56.0 Å². The summed E-state index contributed by atoms with van der Waals surface area (Å²) in [6.07, 6.45) is 0.719. The van der Waals surface area contributed by atoms with Crippen molar-refractivity contribution in [2.24, 2.45) is 0 Å². The number of benzene rings is 2. The molecule has 0 amide bonds. The van der Waals surface area contributed by atoms with Gasteiger partial charge in [0.05, 0.1) is 23.9 Å². The minimum absolute atomic E-state index is 0.0219. The Labute approximate surface area is 119 Å². The summed E-state index contributed by atoms with van der Waals surface area (Å²) in [4.78, 5) is 0. The van der Waals surface area contributed by atoms with Gasteiger partial charge in [0.1, 0.15) is 6.07 Å². The van der Waals surface area contributed by atoms with Crippen molar-refractivity contribution in [2.75, 3.05) is 11.9 Å². The second-order valence-electron chi connectivity index (χ2n) is 4.82. The van der Waals surface area contributed by atoms with Crippen LogP contribution in [-0.4, -0.2) is 17.8 Å². The lowest BCUT2D eigenvalue weighted by molar-refractivity contribution is 0.273. The minimum Gasteiger partial charge on any atom is -0.394 e. The van der Waals surface area contributed by atoms with Gasteiger partial charge in [-0.1, -0.05) is 42.5 Å². The number of hydrogen-bond donors (Lipinski definition) is 2. The van der Waals surface area contributed by atoms with Gasteiger partial charge < -0.3 is 10.4 Å². The number of para-hydroxylation sites is 1. The predicted octanol–water partition coefficient (Wildman–Crippen LogP) is 2.88. The molecule has 0 aromatic heterocycles. The maximum absolute atomic E-state index is 9.56. The van der Waals surface area contributed by atoms with Crippen molar-refractivity contribution in [3.63, 3.8) is 0 Å². The number of nitriles is 1. The Kier molecular flexibility index (Phi) is 4.75. The van der Waals surface area contributed by atoms with E-state index in [2.05, 4.69) is 11.4 Å². The molecular weight excluding hydrogens is 248 g/mol. The molecule has 0 bridgehead atoms. The molecule has 0 aliphatic rings. The van der Waals surface area contributed by atoms with Crippen molar-refractivity contribution in [1.82, 2.24) is 0 Å². The average molecular weight is 266 g/mol. The summed E-state index contributed by atoms with van der Waals surface area (Å²) >= 11 is 0. The molecular formula is C17H18N2O. The van der Waals surface area contributed by atoms with Gasteiger partial charge >= 0.3 is 0 Å². The van der Waals surface area contributed by atoms with Crippen molar-refractivity contribution >= 4 is 5.69 Å². The van der Waals surface area contributed by atoms with Crippen LogP contribution in [-0.2, 0) is 6.42 Å². The van der Waals surface area contributed by atoms with Gasteiger partial charge in [0.25, 0.3) is 0 Å². The Morgan fingerprint density at radius 2 is 1.90 bits per heavy atom. The second kappa shape index (κ2) is 6.74. The van der Waals surface area contributed by atoms with E-state index in [1.54, 1.807) is 6.07 Å². The van der Waals surface area contributed by atoms with Gasteiger partial charge in [0.15, 0.2) is 0 Å². The quantitative estimate of drug-likeness (QED) is 0.875. The highest BCUT2D eigenvalue weighted by Crippen LogP contribution is 2.21. The molecule has 0 aliphatic heterocycles. The van der Waals surface area contributed by atoms with Crippen molar-refractivity contribution in [2.45, 2.75) is 19.4 Å². The number of aliphatic hydroxyl groups is 1. The molecule has 1 unspecified atom stereocenters. The monoisotopic (exact) mass is 266 g/mol. The lowest BCUT2D eigenvalue weighted by Gasteiger charge is -2.20. The van der Waals surface area contributed by atoms with E-state index in [-0.39, 0.29) is 12.6 Å². The van der Waals surface area contributed by atoms with E-state index < -0.39 is 0 Å². The zero-order valence-electron chi connectivity index (χ0n) is 11.5. The Bertz CT molecular complexity index is 602. The maximum atomic E-state index is 9.56. The first kappa shape index (κ1) is 14.1. The van der Waals surface area contributed by atoms with Crippen LogP contribution in [0.4, 0.5) is 5.69 Å². The summed E-state index contributed by atoms with van der Waals surface area (Å²) in [5.41, 5.74) is 3.59. The highest BCUT2D eigenvalue weighted by Gasteiger charge is 2.12. The van der Waals surface area contributed by atoms with Crippen LogP contribution in [0.15, 0.2) is 48.5 Å². The second-order valence-corrected chi connectivity index (χ2v) is 4.82. The third kappa shape index (κ3) is 3.37. The van der Waals surface area contributed by atoms with Crippen LogP contribution in [0.5, 0.6) is 0 Å². The van der Waals surface area contributed by atoms with Gasteiger partial charge in [-0.25, -0.2) is 0 Å². The highest BCUT2D eigenvalue weighted by molar-refractivity contribution is 5.62. The van der Waals surface area contributed by atoms with Crippen LogP contribution in [0.2, 0.25) is 0 Å². The molecule has 0 fully saturated rings. The Balaban J connectivity index is 2.17. The number of nitrogens with one attached hydrogen (secondary N) is 1. The molecule has 3 nitrogen and oxygen atoms in total. The Hall–Kier alpha value is -2.31. The molecule has 20 heavy (non-hydrogen) atoms. The molecule has 0 aliphatic carbocycles. The van der Waals surface area contributed by atoms with E-state index in [1.165, 1.54) is 0 Å². The summed E-state index contributed by atoms with van der Waals surface area (Å²) in [6.45, 7) is 1.98. The zero-order chi connectivity index (χ0) is 14.4. The number of hydrogen-bond acceptors (Lipinski definition) is 3. The van der Waals surface area contributed by atoms with Crippen LogP contribution < -0.4 is 5.32 Å². The van der Waals surface area contributed by atoms with E-state index >= 15 is 0 Å². The SMILES string of the molecule is Cc1cccc(C#N)c1NC(CO)Cc1ccccc1. The van der Waals surface area contributed by atoms with Crippen molar-refractivity contribution in [3.05, 3.63) is 65.2 Å². The highest BCUT2D eigenvalue weighted by atomic mass is 16.3. The van der Waals surface area contributed by atoms with E-state index in [0.29, 0.717) is 5.56 Å². The van der Waals surface area contributed by atoms with Gasteiger partial charge in [-0.2, -0.15) is 5.26 Å². The van der Waals surface area contributed by atoms with Crippen LogP contribution in [0.1, 0.15) is 16.7 Å². The van der Waals surface area contributed by atoms with Crippen LogP contribution >= 0.6 is 0 Å². The molecule has 2 aromatic rings. The number of nitrogens with zero attached hydrogens (tertiary/aromatic N) is 1. The molecule has 0 radical (unpaired) electrons. The normalized spacial score (nSPS) is 11.7. The van der Waals surface area contributed by atoms with Gasteiger partial charge in [-0.15, -0.1) is 0 Å². The number of rotatable bonds is 5. The first-order valence-corrected chi connectivity index (χ1v) is 6.65. The standard InChI is InChI=1S/C17H18N2O/c1-13-6-5-9-15(11-18)17(13)19-16(12-20)10-14-7-3-2-4-8-14/h2-9,16,19-20H,10,12H2,1H3. The van der Waals surface area contributed by atoms with Crippen molar-refractivity contribution in [1.29, 1.82) is 5.26 Å². The first-order chi connectivity index (χ1) is 9.74. The molecule has 102 valence electrons. The molecule has 2 N–H and O–H groups in total. The summed E-state index contributed by atoms with van der Waals surface area (Å²) in [5, 5.41) is 22.0. The average Bonchev–Trinajstić information content (AvgIpc) is 2.49. The van der Waals surface area contributed by atoms with E-state index in [1.807, 2.05) is 49.4 Å². The molecule has 0 spiro atoms. The van der Waals surface area contributed by atoms with Crippen LogP contribution in [0.25, 0.3) is 0 Å². The third-order valence-corrected chi connectivity index (χ3v) is 3.29.